The van der Waals surface area contributed by atoms with E-state index in [1.807, 2.05) is 32.0 Å². The standard InChI is InChI=1S/C14H13/c1-3-5-8-13-10-7-11-14(12-13)9-6-4-2/h10-12H,3-4H2,1-2H3. The molecule has 1 rings (SSSR count). The van der Waals surface area contributed by atoms with Crippen molar-refractivity contribution >= 4 is 0 Å². The van der Waals surface area contributed by atoms with Crippen molar-refractivity contribution in [3.05, 3.63) is 35.4 Å². The van der Waals surface area contributed by atoms with E-state index in [0.717, 1.165) is 24.0 Å². The highest BCUT2D eigenvalue weighted by Gasteiger charge is 1.88. The fraction of sp³-hybridized carbons (Fsp3) is 0.286. The van der Waals surface area contributed by atoms with Crippen molar-refractivity contribution in [1.29, 1.82) is 0 Å². The zero-order valence-electron chi connectivity index (χ0n) is 8.65. The highest BCUT2D eigenvalue weighted by atomic mass is 13.9. The second kappa shape index (κ2) is 5.90. The molecule has 0 spiro atoms. The molecule has 0 fully saturated rings. The third-order valence-corrected chi connectivity index (χ3v) is 1.61. The van der Waals surface area contributed by atoms with Crippen LogP contribution in [0.5, 0.6) is 0 Å². The van der Waals surface area contributed by atoms with Crippen LogP contribution in [0.25, 0.3) is 0 Å². The molecule has 0 heterocycles. The Morgan fingerprint density at radius 1 is 1.00 bits per heavy atom. The minimum atomic E-state index is 0.880. The van der Waals surface area contributed by atoms with Gasteiger partial charge in [-0.25, -0.2) is 0 Å². The molecule has 1 aromatic carbocycles. The summed E-state index contributed by atoms with van der Waals surface area (Å²) in [5.74, 6) is 12.2. The predicted octanol–water partition coefficient (Wildman–Crippen LogP) is 3.01. The Morgan fingerprint density at radius 2 is 1.50 bits per heavy atom. The minimum absolute atomic E-state index is 0.880. The molecule has 0 atom stereocenters. The molecule has 0 unspecified atom stereocenters. The summed E-state index contributed by atoms with van der Waals surface area (Å²) in [4.78, 5) is 0. The molecule has 0 nitrogen and oxygen atoms in total. The summed E-state index contributed by atoms with van der Waals surface area (Å²) in [5.41, 5.74) is 1.99. The van der Waals surface area contributed by atoms with Crippen molar-refractivity contribution < 1.29 is 0 Å². The Labute approximate surface area is 86.3 Å². The van der Waals surface area contributed by atoms with Crippen LogP contribution in [-0.2, 0) is 0 Å². The maximum atomic E-state index is 3.06. The van der Waals surface area contributed by atoms with Crippen LogP contribution in [0.3, 0.4) is 0 Å². The highest BCUT2D eigenvalue weighted by molar-refractivity contribution is 5.43. The molecule has 0 aromatic heterocycles. The third-order valence-electron chi connectivity index (χ3n) is 1.61. The maximum Gasteiger partial charge on any atom is 0.0263 e. The lowest BCUT2D eigenvalue weighted by Gasteiger charge is -1.91. The summed E-state index contributed by atoms with van der Waals surface area (Å²) >= 11 is 0. The smallest absolute Gasteiger partial charge is 0.0263 e. The van der Waals surface area contributed by atoms with Crippen LogP contribution in [0, 0.1) is 29.7 Å². The SMILES string of the molecule is CCC#Cc1c[c]cc(C#CCC)c1. The molecule has 0 heteroatoms. The van der Waals surface area contributed by atoms with E-state index in [1.165, 1.54) is 0 Å². The van der Waals surface area contributed by atoms with Gasteiger partial charge in [-0.1, -0.05) is 37.5 Å². The summed E-state index contributed by atoms with van der Waals surface area (Å²) in [6.07, 6.45) is 1.76. The summed E-state index contributed by atoms with van der Waals surface area (Å²) in [5, 5.41) is 0. The molecule has 0 N–H and O–H groups in total. The van der Waals surface area contributed by atoms with E-state index in [-0.39, 0.29) is 0 Å². The Bertz CT molecular complexity index is 368. The second-order valence-electron chi connectivity index (χ2n) is 2.82. The lowest BCUT2D eigenvalue weighted by Crippen LogP contribution is -1.78. The predicted molar refractivity (Wildman–Crippen MR) is 59.6 cm³/mol. The summed E-state index contributed by atoms with van der Waals surface area (Å²) in [6.45, 7) is 4.08. The summed E-state index contributed by atoms with van der Waals surface area (Å²) < 4.78 is 0. The first kappa shape index (κ1) is 10.4. The van der Waals surface area contributed by atoms with Crippen molar-refractivity contribution in [2.75, 3.05) is 0 Å². The Kier molecular flexibility index (Phi) is 4.39. The zero-order valence-corrected chi connectivity index (χ0v) is 8.65. The van der Waals surface area contributed by atoms with Gasteiger partial charge in [0.15, 0.2) is 0 Å². The van der Waals surface area contributed by atoms with Crippen LogP contribution in [0.1, 0.15) is 37.8 Å². The molecule has 0 saturated carbocycles. The summed E-state index contributed by atoms with van der Waals surface area (Å²) in [6, 6.07) is 8.82. The van der Waals surface area contributed by atoms with Gasteiger partial charge in [0.05, 0.1) is 0 Å². The lowest BCUT2D eigenvalue weighted by molar-refractivity contribution is 1.28. The Hall–Kier alpha value is -1.66. The number of hydrogen-bond acceptors (Lipinski definition) is 0. The normalized spacial score (nSPS) is 8.14. The second-order valence-corrected chi connectivity index (χ2v) is 2.82. The number of hydrogen-bond donors (Lipinski definition) is 0. The van der Waals surface area contributed by atoms with Gasteiger partial charge in [-0.05, 0) is 24.3 Å². The van der Waals surface area contributed by atoms with Crippen molar-refractivity contribution in [3.8, 4) is 23.7 Å². The first-order chi connectivity index (χ1) is 6.86. The fourth-order valence-electron chi connectivity index (χ4n) is 0.997. The fourth-order valence-corrected chi connectivity index (χ4v) is 0.997. The molecular weight excluding hydrogens is 168 g/mol. The average molecular weight is 181 g/mol. The van der Waals surface area contributed by atoms with Crippen LogP contribution >= 0.6 is 0 Å². The van der Waals surface area contributed by atoms with E-state index >= 15 is 0 Å². The molecule has 0 aliphatic rings. The van der Waals surface area contributed by atoms with Crippen LogP contribution in [-0.4, -0.2) is 0 Å². The molecule has 14 heavy (non-hydrogen) atoms. The van der Waals surface area contributed by atoms with E-state index in [1.54, 1.807) is 0 Å². The highest BCUT2D eigenvalue weighted by Crippen LogP contribution is 2.01. The van der Waals surface area contributed by atoms with Gasteiger partial charge in [-0.15, -0.1) is 0 Å². The van der Waals surface area contributed by atoms with Gasteiger partial charge in [-0.3, -0.25) is 0 Å². The molecule has 69 valence electrons. The van der Waals surface area contributed by atoms with E-state index in [4.69, 9.17) is 0 Å². The molecular formula is C14H13. The van der Waals surface area contributed by atoms with Crippen LogP contribution in [0.15, 0.2) is 18.2 Å². The largest absolute Gasteiger partial charge is 0.0982 e. The number of rotatable bonds is 0. The van der Waals surface area contributed by atoms with E-state index in [2.05, 4.69) is 29.7 Å². The van der Waals surface area contributed by atoms with Crippen molar-refractivity contribution in [1.82, 2.24) is 0 Å². The van der Waals surface area contributed by atoms with Gasteiger partial charge >= 0.3 is 0 Å². The Balaban J connectivity index is 2.89. The van der Waals surface area contributed by atoms with E-state index in [9.17, 15) is 0 Å². The number of benzene rings is 1. The third kappa shape index (κ3) is 3.38. The van der Waals surface area contributed by atoms with Gasteiger partial charge in [-0.2, -0.15) is 0 Å². The van der Waals surface area contributed by atoms with Gasteiger partial charge < -0.3 is 0 Å². The van der Waals surface area contributed by atoms with Crippen molar-refractivity contribution in [3.63, 3.8) is 0 Å². The summed E-state index contributed by atoms with van der Waals surface area (Å²) in [7, 11) is 0. The van der Waals surface area contributed by atoms with Crippen molar-refractivity contribution in [2.24, 2.45) is 0 Å². The van der Waals surface area contributed by atoms with Crippen LogP contribution in [0.4, 0.5) is 0 Å². The first-order valence-electron chi connectivity index (χ1n) is 4.85. The quantitative estimate of drug-likeness (QED) is 0.540. The minimum Gasteiger partial charge on any atom is -0.0982 e. The van der Waals surface area contributed by atoms with Crippen LogP contribution in [0.2, 0.25) is 0 Å². The molecule has 0 bridgehead atoms. The molecule has 1 aromatic rings. The molecule has 1 radical (unpaired) electrons. The van der Waals surface area contributed by atoms with Gasteiger partial charge in [0.25, 0.3) is 0 Å². The van der Waals surface area contributed by atoms with Crippen molar-refractivity contribution in [2.45, 2.75) is 26.7 Å². The molecule has 0 aliphatic carbocycles. The van der Waals surface area contributed by atoms with Gasteiger partial charge in [0.1, 0.15) is 0 Å². The van der Waals surface area contributed by atoms with E-state index in [0.29, 0.717) is 0 Å². The van der Waals surface area contributed by atoms with Gasteiger partial charge in [0, 0.05) is 24.0 Å². The average Bonchev–Trinajstić information content (AvgIpc) is 2.24. The maximum absolute atomic E-state index is 3.06. The molecule has 0 aliphatic heterocycles. The van der Waals surface area contributed by atoms with E-state index < -0.39 is 0 Å². The van der Waals surface area contributed by atoms with Crippen LogP contribution < -0.4 is 0 Å². The molecule has 0 saturated heterocycles. The molecule has 0 amide bonds. The Morgan fingerprint density at radius 3 is 1.93 bits per heavy atom. The lowest BCUT2D eigenvalue weighted by atomic mass is 10.1. The monoisotopic (exact) mass is 181 g/mol. The van der Waals surface area contributed by atoms with Gasteiger partial charge in [0.2, 0.25) is 0 Å². The topological polar surface area (TPSA) is 0 Å². The first-order valence-corrected chi connectivity index (χ1v) is 4.85. The zero-order chi connectivity index (χ0) is 10.2.